The Balaban J connectivity index is 2.74. The fourth-order valence-corrected chi connectivity index (χ4v) is 3.74. The summed E-state index contributed by atoms with van der Waals surface area (Å²) in [6.07, 6.45) is 0. The quantitative estimate of drug-likeness (QED) is 0.675. The summed E-state index contributed by atoms with van der Waals surface area (Å²) < 4.78 is 25.1. The van der Waals surface area contributed by atoms with Gasteiger partial charge in [0.2, 0.25) is 9.84 Å². The second-order valence-electron chi connectivity index (χ2n) is 4.18. The number of nitrogens with zero attached hydrogens (tertiary/aromatic N) is 1. The molecule has 0 saturated heterocycles. The molecule has 0 aliphatic heterocycles. The summed E-state index contributed by atoms with van der Waals surface area (Å²) in [5.74, 6) is -1.34. The number of carbonyl (C=O) groups is 1. The molecule has 0 atom stereocenters. The van der Waals surface area contributed by atoms with Crippen LogP contribution in [0.25, 0.3) is 0 Å². The Morgan fingerprint density at radius 2 is 1.77 bits per heavy atom. The van der Waals surface area contributed by atoms with Crippen molar-refractivity contribution in [2.75, 3.05) is 0 Å². The standard InChI is InChI=1S/C13H8ClNO6S/c14-9-6-5-8(13(16)17)7-12(9)22(20,21)11-4-2-1-3-10(11)15(18)19/h1-7H,(H,16,17). The van der Waals surface area contributed by atoms with Gasteiger partial charge in [0.15, 0.2) is 0 Å². The van der Waals surface area contributed by atoms with Gasteiger partial charge in [-0.1, -0.05) is 23.7 Å². The number of hydrogen-bond acceptors (Lipinski definition) is 5. The van der Waals surface area contributed by atoms with Crippen molar-refractivity contribution in [3.63, 3.8) is 0 Å². The van der Waals surface area contributed by atoms with Crippen LogP contribution in [0.1, 0.15) is 10.4 Å². The average molecular weight is 342 g/mol. The van der Waals surface area contributed by atoms with Gasteiger partial charge in [-0.05, 0) is 24.3 Å². The van der Waals surface area contributed by atoms with Gasteiger partial charge in [0.25, 0.3) is 5.69 Å². The van der Waals surface area contributed by atoms with Crippen LogP contribution in [0.5, 0.6) is 0 Å². The van der Waals surface area contributed by atoms with E-state index in [2.05, 4.69) is 0 Å². The van der Waals surface area contributed by atoms with E-state index in [9.17, 15) is 23.3 Å². The number of carboxylic acids is 1. The van der Waals surface area contributed by atoms with E-state index in [0.717, 1.165) is 30.3 Å². The first-order chi connectivity index (χ1) is 10.2. The van der Waals surface area contributed by atoms with Crippen molar-refractivity contribution in [3.05, 3.63) is 63.2 Å². The maximum Gasteiger partial charge on any atom is 0.335 e. The molecule has 0 saturated carbocycles. The fraction of sp³-hybridized carbons (Fsp3) is 0. The lowest BCUT2D eigenvalue weighted by Crippen LogP contribution is -2.08. The van der Waals surface area contributed by atoms with Gasteiger partial charge in [0.05, 0.1) is 20.4 Å². The number of aromatic carboxylic acids is 1. The fourth-order valence-electron chi connectivity index (χ4n) is 1.80. The molecule has 7 nitrogen and oxygen atoms in total. The van der Waals surface area contributed by atoms with E-state index in [1.165, 1.54) is 12.1 Å². The van der Waals surface area contributed by atoms with Gasteiger partial charge >= 0.3 is 5.97 Å². The molecule has 2 rings (SSSR count). The Bertz CT molecular complexity index is 878. The van der Waals surface area contributed by atoms with Crippen molar-refractivity contribution in [1.29, 1.82) is 0 Å². The minimum Gasteiger partial charge on any atom is -0.478 e. The van der Waals surface area contributed by atoms with Crippen molar-refractivity contribution in [3.8, 4) is 0 Å². The first-order valence-corrected chi connectivity index (χ1v) is 7.62. The molecule has 2 aromatic rings. The first-order valence-electron chi connectivity index (χ1n) is 5.76. The largest absolute Gasteiger partial charge is 0.478 e. The number of nitro benzene ring substituents is 1. The summed E-state index contributed by atoms with van der Waals surface area (Å²) >= 11 is 5.83. The zero-order valence-electron chi connectivity index (χ0n) is 10.8. The Labute approximate surface area is 129 Å². The van der Waals surface area contributed by atoms with Gasteiger partial charge in [-0.2, -0.15) is 0 Å². The lowest BCUT2D eigenvalue weighted by molar-refractivity contribution is -0.387. The smallest absolute Gasteiger partial charge is 0.335 e. The summed E-state index contributed by atoms with van der Waals surface area (Å²) in [6, 6.07) is 7.90. The third kappa shape index (κ3) is 2.78. The van der Waals surface area contributed by atoms with Crippen LogP contribution in [0, 0.1) is 10.1 Å². The molecular formula is C13H8ClNO6S. The Hall–Kier alpha value is -2.45. The van der Waals surface area contributed by atoms with Crippen LogP contribution in [0.15, 0.2) is 52.3 Å². The summed E-state index contributed by atoms with van der Waals surface area (Å²) in [7, 11) is -4.34. The third-order valence-corrected chi connectivity index (χ3v) is 5.10. The minimum atomic E-state index is -4.34. The number of rotatable bonds is 4. The van der Waals surface area contributed by atoms with Crippen LogP contribution in [0.3, 0.4) is 0 Å². The molecule has 0 fully saturated rings. The summed E-state index contributed by atoms with van der Waals surface area (Å²) in [6.45, 7) is 0. The molecule has 22 heavy (non-hydrogen) atoms. The Kier molecular flexibility index (Phi) is 4.16. The SMILES string of the molecule is O=C(O)c1ccc(Cl)c(S(=O)(=O)c2ccccc2[N+](=O)[O-])c1. The van der Waals surface area contributed by atoms with Crippen LogP contribution in [-0.2, 0) is 9.84 Å². The molecule has 0 aromatic heterocycles. The number of para-hydroxylation sites is 1. The molecule has 1 N–H and O–H groups in total. The van der Waals surface area contributed by atoms with E-state index >= 15 is 0 Å². The minimum absolute atomic E-state index is 0.219. The Morgan fingerprint density at radius 3 is 2.36 bits per heavy atom. The van der Waals surface area contributed by atoms with E-state index in [4.69, 9.17) is 16.7 Å². The van der Waals surface area contributed by atoms with Crippen LogP contribution >= 0.6 is 11.6 Å². The van der Waals surface area contributed by atoms with E-state index < -0.39 is 36.2 Å². The molecule has 0 radical (unpaired) electrons. The van der Waals surface area contributed by atoms with Crippen molar-refractivity contribution in [2.45, 2.75) is 9.79 Å². The molecule has 114 valence electrons. The van der Waals surface area contributed by atoms with Crippen LogP contribution in [0.2, 0.25) is 5.02 Å². The van der Waals surface area contributed by atoms with Gasteiger partial charge in [0, 0.05) is 6.07 Å². The number of nitro groups is 1. The number of halogens is 1. The van der Waals surface area contributed by atoms with E-state index in [1.54, 1.807) is 0 Å². The lowest BCUT2D eigenvalue weighted by Gasteiger charge is -2.08. The molecule has 0 aliphatic carbocycles. The van der Waals surface area contributed by atoms with Gasteiger partial charge < -0.3 is 5.11 Å². The molecule has 0 heterocycles. The monoisotopic (exact) mass is 341 g/mol. The predicted molar refractivity (Wildman–Crippen MR) is 77.0 cm³/mol. The van der Waals surface area contributed by atoms with E-state index in [0.29, 0.717) is 0 Å². The highest BCUT2D eigenvalue weighted by Crippen LogP contribution is 2.33. The van der Waals surface area contributed by atoms with E-state index in [1.807, 2.05) is 0 Å². The second kappa shape index (κ2) is 5.74. The molecular weight excluding hydrogens is 334 g/mol. The molecule has 0 bridgehead atoms. The van der Waals surface area contributed by atoms with Crippen LogP contribution < -0.4 is 0 Å². The zero-order chi connectivity index (χ0) is 16.5. The average Bonchev–Trinajstić information content (AvgIpc) is 2.47. The van der Waals surface area contributed by atoms with Gasteiger partial charge in [-0.25, -0.2) is 13.2 Å². The summed E-state index contributed by atoms with van der Waals surface area (Å²) in [5.41, 5.74) is -0.902. The number of carboxylic acid groups (broad SMARTS) is 1. The van der Waals surface area contributed by atoms with Gasteiger partial charge in [-0.3, -0.25) is 10.1 Å². The third-order valence-electron chi connectivity index (χ3n) is 2.82. The van der Waals surface area contributed by atoms with Crippen molar-refractivity contribution in [1.82, 2.24) is 0 Å². The summed E-state index contributed by atoms with van der Waals surface area (Å²) in [4.78, 5) is 20.1. The first kappa shape index (κ1) is 15.9. The normalized spacial score (nSPS) is 11.1. The lowest BCUT2D eigenvalue weighted by atomic mass is 10.2. The molecule has 0 spiro atoms. The molecule has 2 aromatic carbocycles. The van der Waals surface area contributed by atoms with Crippen molar-refractivity contribution < 1.29 is 23.2 Å². The van der Waals surface area contributed by atoms with Crippen molar-refractivity contribution >= 4 is 33.1 Å². The number of hydrogen-bond donors (Lipinski definition) is 1. The summed E-state index contributed by atoms with van der Waals surface area (Å²) in [5, 5.41) is 19.7. The Morgan fingerprint density at radius 1 is 1.14 bits per heavy atom. The molecule has 0 aliphatic rings. The highest BCUT2D eigenvalue weighted by Gasteiger charge is 2.29. The zero-order valence-corrected chi connectivity index (χ0v) is 12.3. The van der Waals surface area contributed by atoms with Crippen molar-refractivity contribution in [2.24, 2.45) is 0 Å². The topological polar surface area (TPSA) is 115 Å². The molecule has 0 amide bonds. The highest BCUT2D eigenvalue weighted by atomic mass is 35.5. The maximum absolute atomic E-state index is 12.6. The van der Waals surface area contributed by atoms with Crippen LogP contribution in [0.4, 0.5) is 5.69 Å². The number of sulfone groups is 1. The second-order valence-corrected chi connectivity index (χ2v) is 6.47. The van der Waals surface area contributed by atoms with E-state index in [-0.39, 0.29) is 10.6 Å². The van der Waals surface area contributed by atoms with Gasteiger partial charge in [0.1, 0.15) is 4.90 Å². The maximum atomic E-state index is 12.6. The number of benzene rings is 2. The van der Waals surface area contributed by atoms with Crippen LogP contribution in [-0.4, -0.2) is 24.4 Å². The highest BCUT2D eigenvalue weighted by molar-refractivity contribution is 7.91. The predicted octanol–water partition coefficient (Wildman–Crippen LogP) is 2.78. The van der Waals surface area contributed by atoms with Gasteiger partial charge in [-0.15, -0.1) is 0 Å². The molecule has 0 unspecified atom stereocenters. The molecule has 9 heteroatoms.